The van der Waals surface area contributed by atoms with E-state index in [2.05, 4.69) is 10.1 Å². The Labute approximate surface area is 91.9 Å². The first-order valence-electron chi connectivity index (χ1n) is 4.57. The summed E-state index contributed by atoms with van der Waals surface area (Å²) in [4.78, 5) is 32.6. The lowest BCUT2D eigenvalue weighted by Gasteiger charge is -2.12. The number of carbonyl (C=O) groups is 3. The second-order valence-electron chi connectivity index (χ2n) is 2.89. The van der Waals surface area contributed by atoms with Gasteiger partial charge in [-0.3, -0.25) is 9.59 Å². The van der Waals surface area contributed by atoms with Crippen molar-refractivity contribution in [2.75, 3.05) is 13.2 Å². The monoisotopic (exact) mass is 233 g/mol. The number of nitrogens with two attached hydrogens (primary N) is 2. The number of hydrogen-bond donors (Lipinski definition) is 4. The van der Waals surface area contributed by atoms with E-state index in [1.165, 1.54) is 0 Å². The summed E-state index contributed by atoms with van der Waals surface area (Å²) in [6.07, 6.45) is -1.52. The molecular weight excluding hydrogens is 218 g/mol. The molecule has 0 aliphatic carbocycles. The van der Waals surface area contributed by atoms with Crippen LogP contribution in [0.3, 0.4) is 0 Å². The van der Waals surface area contributed by atoms with Crippen LogP contribution in [0.25, 0.3) is 0 Å². The highest BCUT2D eigenvalue weighted by atomic mass is 16.5. The lowest BCUT2D eigenvalue weighted by molar-refractivity contribution is -0.148. The molecule has 2 unspecified atom stereocenters. The van der Waals surface area contributed by atoms with Crippen molar-refractivity contribution in [3.8, 4) is 0 Å². The molecule has 0 saturated heterocycles. The van der Waals surface area contributed by atoms with Crippen LogP contribution in [0, 0.1) is 0 Å². The predicted molar refractivity (Wildman–Crippen MR) is 52.8 cm³/mol. The standard InChI is InChI=1S/C8H15N3O5/c1-2-16-8(15)5(9)7(14)11-3-4(12)6(10)13/h4-5,12H,2-3,9H2,1H3,(H2,10,13)(H,11,14). The van der Waals surface area contributed by atoms with Crippen molar-refractivity contribution in [2.45, 2.75) is 19.1 Å². The summed E-state index contributed by atoms with van der Waals surface area (Å²) in [5, 5.41) is 11.0. The van der Waals surface area contributed by atoms with Crippen LogP contribution in [0.5, 0.6) is 0 Å². The van der Waals surface area contributed by atoms with Crippen LogP contribution in [-0.4, -0.2) is 48.2 Å². The molecule has 0 rings (SSSR count). The van der Waals surface area contributed by atoms with Crippen LogP contribution in [0.1, 0.15) is 6.92 Å². The molecule has 8 heteroatoms. The van der Waals surface area contributed by atoms with Crippen molar-refractivity contribution in [3.05, 3.63) is 0 Å². The lowest BCUT2D eigenvalue weighted by Crippen LogP contribution is -2.50. The third-order valence-corrected chi connectivity index (χ3v) is 1.62. The highest BCUT2D eigenvalue weighted by molar-refractivity contribution is 6.01. The van der Waals surface area contributed by atoms with Crippen LogP contribution in [0.15, 0.2) is 0 Å². The van der Waals surface area contributed by atoms with E-state index in [9.17, 15) is 14.4 Å². The second kappa shape index (κ2) is 6.75. The third kappa shape index (κ3) is 4.71. The predicted octanol–water partition coefficient (Wildman–Crippen LogP) is -3.16. The number of rotatable bonds is 6. The molecule has 0 aliphatic heterocycles. The molecule has 0 heterocycles. The van der Waals surface area contributed by atoms with Crippen LogP contribution in [0.4, 0.5) is 0 Å². The molecule has 92 valence electrons. The number of ether oxygens (including phenoxy) is 1. The number of primary amides is 1. The molecule has 0 aromatic carbocycles. The number of amides is 2. The summed E-state index contributed by atoms with van der Waals surface area (Å²) in [7, 11) is 0. The van der Waals surface area contributed by atoms with Crippen molar-refractivity contribution in [2.24, 2.45) is 11.5 Å². The molecule has 0 aromatic heterocycles. The summed E-state index contributed by atoms with van der Waals surface area (Å²) < 4.78 is 4.50. The van der Waals surface area contributed by atoms with E-state index in [0.29, 0.717) is 0 Å². The van der Waals surface area contributed by atoms with E-state index in [-0.39, 0.29) is 6.61 Å². The summed E-state index contributed by atoms with van der Waals surface area (Å²) >= 11 is 0. The van der Waals surface area contributed by atoms with Gasteiger partial charge in [0.2, 0.25) is 11.8 Å². The largest absolute Gasteiger partial charge is 0.464 e. The number of carbonyl (C=O) groups excluding carboxylic acids is 3. The maximum absolute atomic E-state index is 11.2. The number of esters is 1. The van der Waals surface area contributed by atoms with Crippen molar-refractivity contribution >= 4 is 17.8 Å². The maximum Gasteiger partial charge on any atom is 0.332 e. The average Bonchev–Trinajstić information content (AvgIpc) is 2.24. The Balaban J connectivity index is 4.06. The smallest absolute Gasteiger partial charge is 0.332 e. The van der Waals surface area contributed by atoms with Crippen molar-refractivity contribution in [1.29, 1.82) is 0 Å². The van der Waals surface area contributed by atoms with Gasteiger partial charge in [-0.15, -0.1) is 0 Å². The molecule has 0 aromatic rings. The van der Waals surface area contributed by atoms with Gasteiger partial charge in [-0.25, -0.2) is 4.79 Å². The number of aliphatic hydroxyl groups is 1. The van der Waals surface area contributed by atoms with Gasteiger partial charge in [0.05, 0.1) is 13.2 Å². The molecule has 0 fully saturated rings. The molecule has 0 radical (unpaired) electrons. The van der Waals surface area contributed by atoms with Gasteiger partial charge in [-0.2, -0.15) is 0 Å². The summed E-state index contributed by atoms with van der Waals surface area (Å²) in [5.41, 5.74) is 9.97. The van der Waals surface area contributed by atoms with Crippen LogP contribution < -0.4 is 16.8 Å². The maximum atomic E-state index is 11.2. The number of aliphatic hydroxyl groups excluding tert-OH is 1. The topological polar surface area (TPSA) is 145 Å². The van der Waals surface area contributed by atoms with Crippen LogP contribution in [0.2, 0.25) is 0 Å². The van der Waals surface area contributed by atoms with Crippen molar-refractivity contribution in [3.63, 3.8) is 0 Å². The quantitative estimate of drug-likeness (QED) is 0.281. The Bertz CT molecular complexity index is 281. The van der Waals surface area contributed by atoms with Gasteiger partial charge in [0, 0.05) is 0 Å². The minimum absolute atomic E-state index is 0.101. The molecule has 2 amide bonds. The van der Waals surface area contributed by atoms with Gasteiger partial charge in [0.25, 0.3) is 0 Å². The van der Waals surface area contributed by atoms with Gasteiger partial charge in [0.15, 0.2) is 6.04 Å². The zero-order chi connectivity index (χ0) is 12.7. The summed E-state index contributed by atoms with van der Waals surface area (Å²) in [6, 6.07) is -1.49. The van der Waals surface area contributed by atoms with E-state index >= 15 is 0 Å². The zero-order valence-electron chi connectivity index (χ0n) is 8.80. The van der Waals surface area contributed by atoms with Crippen LogP contribution in [-0.2, 0) is 19.1 Å². The minimum Gasteiger partial charge on any atom is -0.464 e. The molecule has 0 aliphatic rings. The normalized spacial score (nSPS) is 13.7. The van der Waals surface area contributed by atoms with Crippen molar-refractivity contribution < 1.29 is 24.2 Å². The van der Waals surface area contributed by atoms with Gasteiger partial charge in [0.1, 0.15) is 6.10 Å². The van der Waals surface area contributed by atoms with Gasteiger partial charge >= 0.3 is 5.97 Å². The third-order valence-electron chi connectivity index (χ3n) is 1.62. The van der Waals surface area contributed by atoms with E-state index < -0.39 is 36.5 Å². The zero-order valence-corrected chi connectivity index (χ0v) is 8.80. The van der Waals surface area contributed by atoms with E-state index in [0.717, 1.165) is 0 Å². The van der Waals surface area contributed by atoms with E-state index in [4.69, 9.17) is 16.6 Å². The molecule has 2 atom stereocenters. The Morgan fingerprint density at radius 2 is 2.00 bits per heavy atom. The number of hydrogen-bond acceptors (Lipinski definition) is 6. The Morgan fingerprint density at radius 1 is 1.44 bits per heavy atom. The first-order chi connectivity index (χ1) is 7.40. The number of nitrogens with one attached hydrogen (secondary N) is 1. The molecule has 0 spiro atoms. The second-order valence-corrected chi connectivity index (χ2v) is 2.89. The fraction of sp³-hybridized carbons (Fsp3) is 0.625. The fourth-order valence-corrected chi connectivity index (χ4v) is 0.747. The first-order valence-corrected chi connectivity index (χ1v) is 4.57. The minimum atomic E-state index is -1.52. The molecule has 0 saturated carbocycles. The van der Waals surface area contributed by atoms with Crippen LogP contribution >= 0.6 is 0 Å². The van der Waals surface area contributed by atoms with Gasteiger partial charge < -0.3 is 26.6 Å². The van der Waals surface area contributed by atoms with E-state index in [1.807, 2.05) is 0 Å². The highest BCUT2D eigenvalue weighted by Crippen LogP contribution is 1.87. The molecular formula is C8H15N3O5. The van der Waals surface area contributed by atoms with Gasteiger partial charge in [-0.1, -0.05) is 0 Å². The fourth-order valence-electron chi connectivity index (χ4n) is 0.747. The van der Waals surface area contributed by atoms with E-state index in [1.54, 1.807) is 6.92 Å². The molecule has 8 nitrogen and oxygen atoms in total. The molecule has 0 bridgehead atoms. The Hall–Kier alpha value is -1.67. The SMILES string of the molecule is CCOC(=O)C(N)C(=O)NCC(O)C(N)=O. The first kappa shape index (κ1) is 14.3. The average molecular weight is 233 g/mol. The van der Waals surface area contributed by atoms with Gasteiger partial charge in [-0.05, 0) is 6.92 Å². The summed E-state index contributed by atoms with van der Waals surface area (Å²) in [5.74, 6) is -2.71. The highest BCUT2D eigenvalue weighted by Gasteiger charge is 2.24. The Kier molecular flexibility index (Phi) is 6.04. The Morgan fingerprint density at radius 3 is 2.44 bits per heavy atom. The molecule has 16 heavy (non-hydrogen) atoms. The molecule has 6 N–H and O–H groups in total. The summed E-state index contributed by atoms with van der Waals surface area (Å²) in [6.45, 7) is 1.27. The lowest BCUT2D eigenvalue weighted by atomic mass is 10.2. The van der Waals surface area contributed by atoms with Crippen molar-refractivity contribution in [1.82, 2.24) is 5.32 Å².